The Hall–Kier alpha value is -1.81. The topological polar surface area (TPSA) is 33.5 Å². The number of hydrogen-bond donors (Lipinski definition) is 0. The lowest BCUT2D eigenvalue weighted by molar-refractivity contribution is -0.114. The third-order valence-electron chi connectivity index (χ3n) is 3.36. The third-order valence-corrected chi connectivity index (χ3v) is 3.79. The molecule has 3 rings (SSSR count). The molecule has 1 aromatic heterocycles. The van der Waals surface area contributed by atoms with Gasteiger partial charge in [-0.1, -0.05) is 18.2 Å². The third kappa shape index (κ3) is 2.70. The summed E-state index contributed by atoms with van der Waals surface area (Å²) in [5.74, 6) is 0.653. The smallest absolute Gasteiger partial charge is 0.251 e. The average molecular weight is 332 g/mol. The number of aryl methyl sites for hydroxylation is 1. The van der Waals surface area contributed by atoms with E-state index in [1.165, 1.54) is 5.56 Å². The number of carbonyl (C=O) groups is 1. The summed E-state index contributed by atoms with van der Waals surface area (Å²) < 4.78 is 6.01. The summed E-state index contributed by atoms with van der Waals surface area (Å²) in [7, 11) is 0. The van der Waals surface area contributed by atoms with Crippen molar-refractivity contribution < 1.29 is 9.21 Å². The highest BCUT2D eigenvalue weighted by atomic mass is 79.9. The maximum absolute atomic E-state index is 12.3. The van der Waals surface area contributed by atoms with Crippen LogP contribution in [0.4, 0.5) is 5.69 Å². The molecule has 0 saturated heterocycles. The summed E-state index contributed by atoms with van der Waals surface area (Å²) in [6.07, 6.45) is 5.30. The van der Waals surface area contributed by atoms with E-state index in [2.05, 4.69) is 22.0 Å². The molecule has 1 aromatic carbocycles. The SMILES string of the molecule is O=C(C=Cc1ccc(Br)o1)N1CCCc2ccccc21. The van der Waals surface area contributed by atoms with Gasteiger partial charge in [0, 0.05) is 18.3 Å². The van der Waals surface area contributed by atoms with Crippen molar-refractivity contribution in [2.45, 2.75) is 12.8 Å². The Morgan fingerprint density at radius 3 is 2.90 bits per heavy atom. The quantitative estimate of drug-likeness (QED) is 0.778. The fraction of sp³-hybridized carbons (Fsp3) is 0.188. The van der Waals surface area contributed by atoms with E-state index in [9.17, 15) is 4.79 Å². The van der Waals surface area contributed by atoms with Crippen LogP contribution in [0.1, 0.15) is 17.7 Å². The molecule has 102 valence electrons. The van der Waals surface area contributed by atoms with Crippen LogP contribution in [0.25, 0.3) is 6.08 Å². The molecule has 4 heteroatoms. The van der Waals surface area contributed by atoms with Crippen molar-refractivity contribution in [2.75, 3.05) is 11.4 Å². The molecular weight excluding hydrogens is 318 g/mol. The van der Waals surface area contributed by atoms with Gasteiger partial charge in [0.25, 0.3) is 5.91 Å². The van der Waals surface area contributed by atoms with Crippen LogP contribution in [0, 0.1) is 0 Å². The fourth-order valence-electron chi connectivity index (χ4n) is 2.42. The highest BCUT2D eigenvalue weighted by Crippen LogP contribution is 2.27. The number of rotatable bonds is 2. The first-order chi connectivity index (χ1) is 9.74. The largest absolute Gasteiger partial charge is 0.450 e. The second kappa shape index (κ2) is 5.67. The maximum Gasteiger partial charge on any atom is 0.251 e. The van der Waals surface area contributed by atoms with Gasteiger partial charge in [0.05, 0.1) is 0 Å². The second-order valence-electron chi connectivity index (χ2n) is 4.70. The molecule has 0 spiro atoms. The minimum atomic E-state index is -0.00956. The summed E-state index contributed by atoms with van der Waals surface area (Å²) in [6.45, 7) is 0.766. The summed E-state index contributed by atoms with van der Waals surface area (Å²) in [5, 5.41) is 0. The highest BCUT2D eigenvalue weighted by molar-refractivity contribution is 9.10. The lowest BCUT2D eigenvalue weighted by atomic mass is 10.0. The Morgan fingerprint density at radius 1 is 1.25 bits per heavy atom. The molecule has 0 atom stereocenters. The molecule has 20 heavy (non-hydrogen) atoms. The zero-order valence-corrected chi connectivity index (χ0v) is 12.5. The Kier molecular flexibility index (Phi) is 3.74. The zero-order valence-electron chi connectivity index (χ0n) is 10.9. The van der Waals surface area contributed by atoms with Gasteiger partial charge in [0.1, 0.15) is 5.76 Å². The standard InChI is InChI=1S/C16H14BrNO2/c17-15-9-7-13(20-15)8-10-16(19)18-11-3-5-12-4-1-2-6-14(12)18/h1-2,4,6-10H,3,5,11H2. The van der Waals surface area contributed by atoms with Gasteiger partial charge in [-0.3, -0.25) is 4.79 Å². The predicted octanol–water partition coefficient (Wildman–Crippen LogP) is 4.03. The minimum Gasteiger partial charge on any atom is -0.450 e. The lowest BCUT2D eigenvalue weighted by Crippen LogP contribution is -2.34. The molecule has 0 N–H and O–H groups in total. The fourth-order valence-corrected chi connectivity index (χ4v) is 2.74. The van der Waals surface area contributed by atoms with E-state index in [1.54, 1.807) is 18.2 Å². The van der Waals surface area contributed by atoms with Crippen molar-refractivity contribution in [1.29, 1.82) is 0 Å². The summed E-state index contributed by atoms with van der Waals surface area (Å²) in [6, 6.07) is 11.7. The van der Waals surface area contributed by atoms with Crippen LogP contribution in [0.3, 0.4) is 0 Å². The molecule has 0 saturated carbocycles. The molecule has 1 amide bonds. The summed E-state index contributed by atoms with van der Waals surface area (Å²) in [4.78, 5) is 14.2. The number of nitrogens with zero attached hydrogens (tertiary/aromatic N) is 1. The van der Waals surface area contributed by atoms with Crippen molar-refractivity contribution in [2.24, 2.45) is 0 Å². The zero-order chi connectivity index (χ0) is 13.9. The van der Waals surface area contributed by atoms with Crippen LogP contribution < -0.4 is 4.90 Å². The van der Waals surface area contributed by atoms with E-state index in [0.29, 0.717) is 10.4 Å². The molecule has 1 aliphatic rings. The van der Waals surface area contributed by atoms with Crippen LogP contribution in [-0.4, -0.2) is 12.5 Å². The monoisotopic (exact) mass is 331 g/mol. The van der Waals surface area contributed by atoms with Crippen LogP contribution in [0.15, 0.2) is 51.6 Å². The Balaban J connectivity index is 1.80. The van der Waals surface area contributed by atoms with Crippen molar-refractivity contribution in [3.63, 3.8) is 0 Å². The van der Waals surface area contributed by atoms with Crippen LogP contribution >= 0.6 is 15.9 Å². The summed E-state index contributed by atoms with van der Waals surface area (Å²) in [5.41, 5.74) is 2.26. The maximum atomic E-state index is 12.3. The second-order valence-corrected chi connectivity index (χ2v) is 5.48. The number of benzene rings is 1. The van der Waals surface area contributed by atoms with Crippen molar-refractivity contribution in [3.8, 4) is 0 Å². The Labute approximate surface area is 126 Å². The van der Waals surface area contributed by atoms with Gasteiger partial charge in [-0.25, -0.2) is 0 Å². The number of para-hydroxylation sites is 1. The van der Waals surface area contributed by atoms with Gasteiger partial charge < -0.3 is 9.32 Å². The molecule has 0 bridgehead atoms. The number of furan rings is 1. The number of hydrogen-bond acceptors (Lipinski definition) is 2. The van der Waals surface area contributed by atoms with Crippen molar-refractivity contribution >= 4 is 33.6 Å². The Morgan fingerprint density at radius 2 is 2.10 bits per heavy atom. The molecule has 3 nitrogen and oxygen atoms in total. The number of fused-ring (bicyclic) bond motifs is 1. The molecular formula is C16H14BrNO2. The van der Waals surface area contributed by atoms with E-state index < -0.39 is 0 Å². The van der Waals surface area contributed by atoms with Gasteiger partial charge in [-0.15, -0.1) is 0 Å². The van der Waals surface area contributed by atoms with Gasteiger partial charge in [0.15, 0.2) is 4.67 Å². The van der Waals surface area contributed by atoms with E-state index >= 15 is 0 Å². The molecule has 0 fully saturated rings. The normalized spacial score (nSPS) is 14.6. The van der Waals surface area contributed by atoms with E-state index in [0.717, 1.165) is 25.1 Å². The van der Waals surface area contributed by atoms with Gasteiger partial charge in [0.2, 0.25) is 0 Å². The van der Waals surface area contributed by atoms with E-state index in [4.69, 9.17) is 4.42 Å². The van der Waals surface area contributed by atoms with Gasteiger partial charge >= 0.3 is 0 Å². The highest BCUT2D eigenvalue weighted by Gasteiger charge is 2.20. The number of carbonyl (C=O) groups excluding carboxylic acids is 1. The van der Waals surface area contributed by atoms with E-state index in [-0.39, 0.29) is 5.91 Å². The average Bonchev–Trinajstić information content (AvgIpc) is 2.90. The van der Waals surface area contributed by atoms with Crippen molar-refractivity contribution in [3.05, 3.63) is 58.5 Å². The molecule has 0 unspecified atom stereocenters. The number of amides is 1. The molecule has 0 aliphatic carbocycles. The first-order valence-corrected chi connectivity index (χ1v) is 7.36. The van der Waals surface area contributed by atoms with Crippen molar-refractivity contribution in [1.82, 2.24) is 0 Å². The predicted molar refractivity (Wildman–Crippen MR) is 82.6 cm³/mol. The summed E-state index contributed by atoms with van der Waals surface area (Å²) >= 11 is 3.24. The molecule has 0 radical (unpaired) electrons. The molecule has 2 aromatic rings. The number of halogens is 1. The Bertz CT molecular complexity index is 660. The van der Waals surface area contributed by atoms with Crippen LogP contribution in [0.5, 0.6) is 0 Å². The van der Waals surface area contributed by atoms with Gasteiger partial charge in [-0.05, 0) is 58.6 Å². The molecule has 1 aliphatic heterocycles. The van der Waals surface area contributed by atoms with E-state index in [1.807, 2.05) is 29.2 Å². The lowest BCUT2D eigenvalue weighted by Gasteiger charge is -2.28. The minimum absolute atomic E-state index is 0.00956. The van der Waals surface area contributed by atoms with Gasteiger partial charge in [-0.2, -0.15) is 0 Å². The number of anilines is 1. The first-order valence-electron chi connectivity index (χ1n) is 6.57. The van der Waals surface area contributed by atoms with Crippen LogP contribution in [0.2, 0.25) is 0 Å². The molecule has 2 heterocycles. The van der Waals surface area contributed by atoms with Crippen LogP contribution in [-0.2, 0) is 11.2 Å². The first kappa shape index (κ1) is 13.2.